The molecule has 1 aliphatic carbocycles. The van der Waals surface area contributed by atoms with Gasteiger partial charge in [0, 0.05) is 0 Å². The van der Waals surface area contributed by atoms with Crippen LogP contribution in [0.25, 0.3) is 16.7 Å². The molecule has 3 nitrogen and oxygen atoms in total. The molecule has 3 heteroatoms. The molecular formula is C19H16O3. The fourth-order valence-corrected chi connectivity index (χ4v) is 3.45. The molecule has 1 heterocycles. The van der Waals surface area contributed by atoms with Gasteiger partial charge < -0.3 is 9.84 Å². The van der Waals surface area contributed by atoms with Crippen LogP contribution in [0, 0.1) is 0 Å². The monoisotopic (exact) mass is 292 g/mol. The maximum Gasteiger partial charge on any atom is 0.335 e. The molecule has 1 saturated heterocycles. The lowest BCUT2D eigenvalue weighted by Crippen LogP contribution is -2.09. The predicted molar refractivity (Wildman–Crippen MR) is 84.9 cm³/mol. The number of carboxylic acid groups (broad SMARTS) is 1. The molecule has 1 N–H and O–H groups in total. The summed E-state index contributed by atoms with van der Waals surface area (Å²) >= 11 is 0. The Morgan fingerprint density at radius 3 is 2.32 bits per heavy atom. The van der Waals surface area contributed by atoms with Gasteiger partial charge in [-0.3, -0.25) is 0 Å². The fourth-order valence-electron chi connectivity index (χ4n) is 3.45. The van der Waals surface area contributed by atoms with E-state index in [1.165, 1.54) is 22.3 Å². The van der Waals surface area contributed by atoms with Crippen molar-refractivity contribution in [2.45, 2.75) is 12.8 Å². The zero-order valence-electron chi connectivity index (χ0n) is 12.1. The lowest BCUT2D eigenvalue weighted by molar-refractivity contribution is 0.0697. The highest BCUT2D eigenvalue weighted by Crippen LogP contribution is 2.47. The van der Waals surface area contributed by atoms with Crippen LogP contribution in [0.5, 0.6) is 0 Å². The van der Waals surface area contributed by atoms with E-state index >= 15 is 0 Å². The van der Waals surface area contributed by atoms with Gasteiger partial charge in [-0.1, -0.05) is 35.9 Å². The normalized spacial score (nSPS) is 16.4. The molecule has 0 aromatic heterocycles. The van der Waals surface area contributed by atoms with E-state index in [2.05, 4.69) is 12.1 Å². The first-order valence-corrected chi connectivity index (χ1v) is 7.53. The number of fused-ring (bicyclic) bond motifs is 3. The summed E-state index contributed by atoms with van der Waals surface area (Å²) in [6.45, 7) is 1.49. The highest BCUT2D eigenvalue weighted by molar-refractivity contribution is 6.04. The standard InChI is InChI=1S/C19H16O3/c20-19(21)13-5-6-15-14-3-1-2-4-16(14)18(17(15)11-13)12-7-9-22-10-8-12/h1-6,11H,7-10H2,(H,20,21). The molecular weight excluding hydrogens is 276 g/mol. The number of benzene rings is 2. The number of hydrogen-bond acceptors (Lipinski definition) is 2. The molecule has 0 unspecified atom stereocenters. The van der Waals surface area contributed by atoms with Gasteiger partial charge in [-0.15, -0.1) is 0 Å². The number of rotatable bonds is 1. The van der Waals surface area contributed by atoms with Crippen molar-refractivity contribution in [3.05, 3.63) is 64.7 Å². The number of hydrogen-bond donors (Lipinski definition) is 1. The van der Waals surface area contributed by atoms with Gasteiger partial charge in [-0.2, -0.15) is 0 Å². The first kappa shape index (κ1) is 13.3. The van der Waals surface area contributed by atoms with E-state index in [0.29, 0.717) is 5.56 Å². The molecule has 22 heavy (non-hydrogen) atoms. The molecule has 0 bridgehead atoms. The van der Waals surface area contributed by atoms with Crippen molar-refractivity contribution in [3.8, 4) is 11.1 Å². The van der Waals surface area contributed by atoms with Crippen molar-refractivity contribution in [1.29, 1.82) is 0 Å². The van der Waals surface area contributed by atoms with E-state index in [4.69, 9.17) is 4.74 Å². The van der Waals surface area contributed by atoms with Crippen LogP contribution in [0.15, 0.2) is 48.0 Å². The Kier molecular flexibility index (Phi) is 3.09. The summed E-state index contributed by atoms with van der Waals surface area (Å²) in [7, 11) is 0. The van der Waals surface area contributed by atoms with Crippen LogP contribution in [0.3, 0.4) is 0 Å². The van der Waals surface area contributed by atoms with Crippen LogP contribution in [-0.2, 0) is 4.74 Å². The van der Waals surface area contributed by atoms with Crippen molar-refractivity contribution in [2.75, 3.05) is 13.2 Å². The Bertz CT molecular complexity index is 794. The minimum atomic E-state index is -0.880. The first-order chi connectivity index (χ1) is 10.8. The highest BCUT2D eigenvalue weighted by Gasteiger charge is 2.27. The third kappa shape index (κ3) is 1.97. The van der Waals surface area contributed by atoms with Gasteiger partial charge in [0.2, 0.25) is 0 Å². The quantitative estimate of drug-likeness (QED) is 0.738. The zero-order chi connectivity index (χ0) is 15.1. The topological polar surface area (TPSA) is 46.5 Å². The largest absolute Gasteiger partial charge is 0.478 e. The minimum absolute atomic E-state index is 0.344. The molecule has 0 atom stereocenters. The van der Waals surface area contributed by atoms with Crippen molar-refractivity contribution in [2.24, 2.45) is 0 Å². The zero-order valence-corrected chi connectivity index (χ0v) is 12.1. The van der Waals surface area contributed by atoms with Crippen LogP contribution in [0.1, 0.15) is 34.3 Å². The van der Waals surface area contributed by atoms with Crippen LogP contribution in [0.4, 0.5) is 0 Å². The Morgan fingerprint density at radius 2 is 1.59 bits per heavy atom. The van der Waals surface area contributed by atoms with E-state index in [9.17, 15) is 9.90 Å². The minimum Gasteiger partial charge on any atom is -0.478 e. The smallest absolute Gasteiger partial charge is 0.335 e. The number of aromatic carboxylic acids is 1. The molecule has 0 spiro atoms. The van der Waals surface area contributed by atoms with Crippen LogP contribution >= 0.6 is 0 Å². The van der Waals surface area contributed by atoms with Gasteiger partial charge in [0.15, 0.2) is 0 Å². The second kappa shape index (κ2) is 5.11. The summed E-state index contributed by atoms with van der Waals surface area (Å²) in [6, 6.07) is 13.8. The Labute approximate surface area is 128 Å². The van der Waals surface area contributed by atoms with Gasteiger partial charge in [0.1, 0.15) is 0 Å². The van der Waals surface area contributed by atoms with E-state index in [-0.39, 0.29) is 0 Å². The lowest BCUT2D eigenvalue weighted by atomic mass is 9.93. The summed E-state index contributed by atoms with van der Waals surface area (Å²) < 4.78 is 5.47. The average molecular weight is 292 g/mol. The fraction of sp³-hybridized carbons (Fsp3) is 0.211. The lowest BCUT2D eigenvalue weighted by Gasteiger charge is -2.18. The van der Waals surface area contributed by atoms with Crippen LogP contribution in [0.2, 0.25) is 0 Å². The molecule has 1 fully saturated rings. The molecule has 2 aromatic carbocycles. The van der Waals surface area contributed by atoms with Crippen molar-refractivity contribution in [3.63, 3.8) is 0 Å². The first-order valence-electron chi connectivity index (χ1n) is 7.53. The summed E-state index contributed by atoms with van der Waals surface area (Å²) in [5, 5.41) is 9.29. The van der Waals surface area contributed by atoms with E-state index in [0.717, 1.165) is 37.2 Å². The summed E-state index contributed by atoms with van der Waals surface area (Å²) in [6.07, 6.45) is 1.83. The molecule has 4 rings (SSSR count). The number of ether oxygens (including phenoxy) is 1. The van der Waals surface area contributed by atoms with E-state index < -0.39 is 5.97 Å². The SMILES string of the molecule is O=C(O)c1ccc2c(c1)C(=C1CCOCC1)c1ccccc1-2. The molecule has 110 valence electrons. The van der Waals surface area contributed by atoms with E-state index in [1.54, 1.807) is 6.07 Å². The van der Waals surface area contributed by atoms with Crippen LogP contribution in [-0.4, -0.2) is 24.3 Å². The maximum absolute atomic E-state index is 11.3. The molecule has 0 amide bonds. The highest BCUT2D eigenvalue weighted by atomic mass is 16.5. The van der Waals surface area contributed by atoms with Crippen molar-refractivity contribution in [1.82, 2.24) is 0 Å². The van der Waals surface area contributed by atoms with Gasteiger partial charge in [-0.25, -0.2) is 4.79 Å². The Morgan fingerprint density at radius 1 is 0.909 bits per heavy atom. The summed E-state index contributed by atoms with van der Waals surface area (Å²) in [5.41, 5.74) is 7.54. The van der Waals surface area contributed by atoms with Gasteiger partial charge >= 0.3 is 5.97 Å². The number of carboxylic acids is 1. The molecule has 2 aliphatic rings. The van der Waals surface area contributed by atoms with Gasteiger partial charge in [-0.05, 0) is 52.8 Å². The Hall–Kier alpha value is -2.39. The van der Waals surface area contributed by atoms with Crippen molar-refractivity contribution >= 4 is 11.5 Å². The maximum atomic E-state index is 11.3. The van der Waals surface area contributed by atoms with Crippen LogP contribution < -0.4 is 0 Å². The summed E-state index contributed by atoms with van der Waals surface area (Å²) in [4.78, 5) is 11.3. The predicted octanol–water partition coefficient (Wildman–Crippen LogP) is 3.98. The van der Waals surface area contributed by atoms with E-state index in [1.807, 2.05) is 24.3 Å². The molecule has 0 radical (unpaired) electrons. The van der Waals surface area contributed by atoms with Gasteiger partial charge in [0.05, 0.1) is 18.8 Å². The van der Waals surface area contributed by atoms with Crippen molar-refractivity contribution < 1.29 is 14.6 Å². The third-order valence-electron chi connectivity index (χ3n) is 4.47. The summed E-state index contributed by atoms with van der Waals surface area (Å²) in [5.74, 6) is -0.880. The molecule has 1 aliphatic heterocycles. The molecule has 2 aromatic rings. The second-order valence-corrected chi connectivity index (χ2v) is 5.70. The second-order valence-electron chi connectivity index (χ2n) is 5.70. The Balaban J connectivity index is 1.99. The molecule has 0 saturated carbocycles. The number of carbonyl (C=O) groups is 1. The average Bonchev–Trinajstić information content (AvgIpc) is 2.89. The van der Waals surface area contributed by atoms with Gasteiger partial charge in [0.25, 0.3) is 0 Å². The third-order valence-corrected chi connectivity index (χ3v) is 4.47.